The second-order valence-electron chi connectivity index (χ2n) is 4.19. The quantitative estimate of drug-likeness (QED) is 0.568. The van der Waals surface area contributed by atoms with E-state index in [-0.39, 0.29) is 11.3 Å². The molecule has 6 heteroatoms. The van der Waals surface area contributed by atoms with Crippen LogP contribution >= 0.6 is 0 Å². The number of nitrogens with two attached hydrogens (primary N) is 1. The van der Waals surface area contributed by atoms with Crippen molar-refractivity contribution in [1.82, 2.24) is 5.32 Å². The number of benzene rings is 2. The summed E-state index contributed by atoms with van der Waals surface area (Å²) in [5.41, 5.74) is 6.45. The van der Waals surface area contributed by atoms with E-state index in [0.717, 1.165) is 0 Å². The fraction of sp³-hybridized carbons (Fsp3) is 0. The van der Waals surface area contributed by atoms with Gasteiger partial charge in [0.1, 0.15) is 0 Å². The van der Waals surface area contributed by atoms with Gasteiger partial charge < -0.3 is 11.1 Å². The van der Waals surface area contributed by atoms with Crippen LogP contribution in [0.5, 0.6) is 0 Å². The molecule has 2 aromatic rings. The highest BCUT2D eigenvalue weighted by Crippen LogP contribution is 2.10. The van der Waals surface area contributed by atoms with E-state index in [9.17, 15) is 14.4 Å². The molecule has 3 amide bonds. The van der Waals surface area contributed by atoms with Gasteiger partial charge in [-0.25, -0.2) is 0 Å². The summed E-state index contributed by atoms with van der Waals surface area (Å²) in [6.07, 6.45) is 0. The smallest absolute Gasteiger partial charge is 0.316 e. The second kappa shape index (κ2) is 6.33. The zero-order valence-corrected chi connectivity index (χ0v) is 11.0. The Morgan fingerprint density at radius 1 is 0.810 bits per heavy atom. The molecule has 0 aromatic heterocycles. The number of hydrogen-bond donors (Lipinski definition) is 3. The summed E-state index contributed by atoms with van der Waals surface area (Å²) >= 11 is 0. The van der Waals surface area contributed by atoms with Gasteiger partial charge in [0.15, 0.2) is 0 Å². The second-order valence-corrected chi connectivity index (χ2v) is 4.19. The lowest BCUT2D eigenvalue weighted by Gasteiger charge is -2.07. The molecule has 21 heavy (non-hydrogen) atoms. The maximum Gasteiger partial charge on any atom is 0.316 e. The molecule has 0 atom stereocenters. The molecule has 0 aliphatic rings. The van der Waals surface area contributed by atoms with Crippen molar-refractivity contribution in [3.63, 3.8) is 0 Å². The molecule has 0 saturated carbocycles. The molecule has 4 N–H and O–H groups in total. The lowest BCUT2D eigenvalue weighted by molar-refractivity contribution is -0.135. The Morgan fingerprint density at radius 3 is 2.10 bits per heavy atom. The molecular formula is C15H13N3O3. The number of nitrogens with one attached hydrogen (secondary N) is 2. The van der Waals surface area contributed by atoms with E-state index in [0.29, 0.717) is 5.69 Å². The highest BCUT2D eigenvalue weighted by atomic mass is 16.2. The zero-order chi connectivity index (χ0) is 15.2. The molecule has 0 aliphatic carbocycles. The first kappa shape index (κ1) is 14.3. The van der Waals surface area contributed by atoms with Crippen LogP contribution in [0.3, 0.4) is 0 Å². The summed E-state index contributed by atoms with van der Waals surface area (Å²) < 4.78 is 0. The molecule has 0 bridgehead atoms. The van der Waals surface area contributed by atoms with Crippen molar-refractivity contribution in [2.24, 2.45) is 0 Å². The summed E-state index contributed by atoms with van der Waals surface area (Å²) in [6.45, 7) is 0. The molecule has 0 saturated heterocycles. The van der Waals surface area contributed by atoms with Crippen LogP contribution in [0, 0.1) is 0 Å². The first-order valence-corrected chi connectivity index (χ1v) is 6.14. The Labute approximate surface area is 121 Å². The van der Waals surface area contributed by atoms with Crippen molar-refractivity contribution in [2.45, 2.75) is 0 Å². The number of rotatable bonds is 2. The monoisotopic (exact) mass is 283 g/mol. The Bertz CT molecular complexity index is 684. The highest BCUT2D eigenvalue weighted by molar-refractivity contribution is 6.42. The van der Waals surface area contributed by atoms with Crippen LogP contribution in [0.15, 0.2) is 54.6 Å². The van der Waals surface area contributed by atoms with Crippen molar-refractivity contribution >= 4 is 29.1 Å². The molecule has 0 spiro atoms. The number of hydrogen-bond acceptors (Lipinski definition) is 4. The van der Waals surface area contributed by atoms with Crippen LogP contribution in [0.1, 0.15) is 10.4 Å². The summed E-state index contributed by atoms with van der Waals surface area (Å²) in [5.74, 6) is -2.70. The van der Waals surface area contributed by atoms with Gasteiger partial charge in [0.05, 0.1) is 5.56 Å². The third-order valence-electron chi connectivity index (χ3n) is 2.67. The number of anilines is 2. The summed E-state index contributed by atoms with van der Waals surface area (Å²) in [6, 6.07) is 14.7. The topological polar surface area (TPSA) is 101 Å². The Morgan fingerprint density at radius 2 is 1.43 bits per heavy atom. The Balaban J connectivity index is 2.00. The molecule has 6 nitrogen and oxygen atoms in total. The molecule has 0 aliphatic heterocycles. The number of para-hydroxylation sites is 2. The lowest BCUT2D eigenvalue weighted by Crippen LogP contribution is -2.39. The Hall–Kier alpha value is -3.15. The van der Waals surface area contributed by atoms with Gasteiger partial charge in [0.2, 0.25) is 0 Å². The fourth-order valence-electron chi connectivity index (χ4n) is 1.64. The van der Waals surface area contributed by atoms with E-state index in [4.69, 9.17) is 5.73 Å². The molecule has 2 rings (SSSR count). The number of imide groups is 1. The first-order valence-electron chi connectivity index (χ1n) is 6.14. The predicted octanol–water partition coefficient (Wildman–Crippen LogP) is 1.16. The van der Waals surface area contributed by atoms with Crippen LogP contribution in [0.4, 0.5) is 11.4 Å². The molecular weight excluding hydrogens is 270 g/mol. The van der Waals surface area contributed by atoms with Crippen molar-refractivity contribution < 1.29 is 14.4 Å². The molecule has 0 radical (unpaired) electrons. The van der Waals surface area contributed by atoms with Gasteiger partial charge in [-0.2, -0.15) is 0 Å². The first-order chi connectivity index (χ1) is 10.1. The number of carbonyl (C=O) groups is 3. The zero-order valence-electron chi connectivity index (χ0n) is 11.0. The van der Waals surface area contributed by atoms with Gasteiger partial charge in [-0.3, -0.25) is 19.7 Å². The van der Waals surface area contributed by atoms with E-state index >= 15 is 0 Å². The van der Waals surface area contributed by atoms with Crippen LogP contribution < -0.4 is 16.4 Å². The summed E-state index contributed by atoms with van der Waals surface area (Å²) in [4.78, 5) is 35.2. The molecule has 0 unspecified atom stereocenters. The van der Waals surface area contributed by atoms with E-state index in [1.165, 1.54) is 12.1 Å². The minimum absolute atomic E-state index is 0.137. The third-order valence-corrected chi connectivity index (χ3v) is 2.67. The lowest BCUT2D eigenvalue weighted by atomic mass is 10.1. The average molecular weight is 283 g/mol. The van der Waals surface area contributed by atoms with E-state index in [2.05, 4.69) is 5.32 Å². The SMILES string of the molecule is Nc1ccccc1C(=O)NC(=O)C(=O)Nc1ccccc1. The average Bonchev–Trinajstić information content (AvgIpc) is 2.48. The van der Waals surface area contributed by atoms with E-state index < -0.39 is 17.7 Å². The van der Waals surface area contributed by atoms with Crippen LogP contribution in [-0.4, -0.2) is 17.7 Å². The van der Waals surface area contributed by atoms with Gasteiger partial charge >= 0.3 is 11.8 Å². The molecule has 106 valence electrons. The maximum atomic E-state index is 11.8. The molecule has 0 fully saturated rings. The largest absolute Gasteiger partial charge is 0.398 e. The normalized spacial score (nSPS) is 9.71. The summed E-state index contributed by atoms with van der Waals surface area (Å²) in [7, 11) is 0. The minimum atomic E-state index is -1.05. The predicted molar refractivity (Wildman–Crippen MR) is 78.4 cm³/mol. The van der Waals surface area contributed by atoms with Gasteiger partial charge in [-0.05, 0) is 24.3 Å². The number of carbonyl (C=O) groups excluding carboxylic acids is 3. The highest BCUT2D eigenvalue weighted by Gasteiger charge is 2.18. The van der Waals surface area contributed by atoms with E-state index in [1.54, 1.807) is 42.5 Å². The van der Waals surface area contributed by atoms with Gasteiger partial charge in [-0.1, -0.05) is 30.3 Å². The van der Waals surface area contributed by atoms with Gasteiger partial charge in [0.25, 0.3) is 5.91 Å². The maximum absolute atomic E-state index is 11.8. The van der Waals surface area contributed by atoms with Crippen LogP contribution in [0.25, 0.3) is 0 Å². The molecule has 2 aromatic carbocycles. The fourth-order valence-corrected chi connectivity index (χ4v) is 1.64. The van der Waals surface area contributed by atoms with E-state index in [1.807, 2.05) is 5.32 Å². The molecule has 0 heterocycles. The van der Waals surface area contributed by atoms with Crippen molar-refractivity contribution in [1.29, 1.82) is 0 Å². The van der Waals surface area contributed by atoms with Gasteiger partial charge in [0, 0.05) is 11.4 Å². The standard InChI is InChI=1S/C15H13N3O3/c16-12-9-5-4-8-11(12)13(19)18-15(21)14(20)17-10-6-2-1-3-7-10/h1-9H,16H2,(H,17,20)(H,18,19,21). The van der Waals surface area contributed by atoms with Gasteiger partial charge in [-0.15, -0.1) is 0 Å². The van der Waals surface area contributed by atoms with Crippen molar-refractivity contribution in [3.8, 4) is 0 Å². The number of amides is 3. The van der Waals surface area contributed by atoms with Crippen LogP contribution in [-0.2, 0) is 9.59 Å². The van der Waals surface area contributed by atoms with Crippen molar-refractivity contribution in [2.75, 3.05) is 11.1 Å². The van der Waals surface area contributed by atoms with Crippen LogP contribution in [0.2, 0.25) is 0 Å². The summed E-state index contributed by atoms with van der Waals surface area (Å²) in [5, 5.41) is 4.37. The number of nitrogen functional groups attached to an aromatic ring is 1. The third kappa shape index (κ3) is 3.66. The Kier molecular flexibility index (Phi) is 4.30. The van der Waals surface area contributed by atoms with Crippen molar-refractivity contribution in [3.05, 3.63) is 60.2 Å². The minimum Gasteiger partial charge on any atom is -0.398 e.